The molecule has 0 saturated carbocycles. The maximum atomic E-state index is 13.3. The van der Waals surface area contributed by atoms with E-state index in [0.717, 1.165) is 6.42 Å². The van der Waals surface area contributed by atoms with Crippen LogP contribution >= 0.6 is 0 Å². The fourth-order valence-electron chi connectivity index (χ4n) is 5.60. The number of benzene rings is 2. The average molecular weight is 750 g/mol. The first-order valence-electron chi connectivity index (χ1n) is 17.7. The zero-order valence-electron chi connectivity index (χ0n) is 31.1. The Morgan fingerprint density at radius 1 is 1.05 bits per heavy atom. The molecule has 5 N–H and O–H groups in total. The van der Waals surface area contributed by atoms with Crippen molar-refractivity contribution in [3.05, 3.63) is 131 Å². The molecule has 1 aliphatic heterocycles. The van der Waals surface area contributed by atoms with E-state index in [2.05, 4.69) is 23.1 Å². The van der Waals surface area contributed by atoms with Crippen LogP contribution in [0.25, 0.3) is 0 Å². The van der Waals surface area contributed by atoms with E-state index >= 15 is 0 Å². The first-order valence-corrected chi connectivity index (χ1v) is 17.7. The van der Waals surface area contributed by atoms with Crippen LogP contribution in [-0.2, 0) is 31.2 Å². The van der Waals surface area contributed by atoms with Crippen molar-refractivity contribution >= 4 is 23.5 Å². The predicted octanol–water partition coefficient (Wildman–Crippen LogP) is 7.60. The number of aliphatic hydroxyl groups excluding tert-OH is 3. The highest BCUT2D eigenvalue weighted by molar-refractivity contribution is 6.06. The second kappa shape index (κ2) is 21.9. The second-order valence-corrected chi connectivity index (χ2v) is 12.4. The highest BCUT2D eigenvalue weighted by Crippen LogP contribution is 2.45. The lowest BCUT2D eigenvalue weighted by molar-refractivity contribution is -0.121. The first kappa shape index (κ1) is 42.9. The number of nitrogens with one attached hydrogen (secondary N) is 2. The van der Waals surface area contributed by atoms with E-state index in [1.807, 2.05) is 6.07 Å². The molecule has 3 rings (SSSR count). The van der Waals surface area contributed by atoms with E-state index in [9.17, 15) is 35.0 Å². The summed E-state index contributed by atoms with van der Waals surface area (Å²) in [7, 11) is 1.51. The van der Waals surface area contributed by atoms with Crippen LogP contribution in [0.15, 0.2) is 114 Å². The lowest BCUT2D eigenvalue weighted by atomic mass is 9.81. The summed E-state index contributed by atoms with van der Waals surface area (Å²) in [6.45, 7) is 5.96. The highest BCUT2D eigenvalue weighted by Gasteiger charge is 2.47. The molecule has 1 unspecified atom stereocenters. The van der Waals surface area contributed by atoms with Gasteiger partial charge in [0.25, 0.3) is 5.91 Å². The van der Waals surface area contributed by atoms with Gasteiger partial charge in [-0.3, -0.25) is 9.59 Å². The summed E-state index contributed by atoms with van der Waals surface area (Å²) >= 11 is 0. The number of carbonyl (C=O) groups is 3. The van der Waals surface area contributed by atoms with Crippen molar-refractivity contribution in [1.82, 2.24) is 5.32 Å². The third kappa shape index (κ3) is 12.6. The Kier molecular flexibility index (Phi) is 17.1. The molecule has 0 aromatic heterocycles. The van der Waals surface area contributed by atoms with Crippen LogP contribution in [0.3, 0.4) is 0 Å². The molecule has 2 amide bonds. The van der Waals surface area contributed by atoms with Gasteiger partial charge < -0.3 is 40.2 Å². The van der Waals surface area contributed by atoms with Gasteiger partial charge in [-0.05, 0) is 86.4 Å². The number of hydrogen-bond donors (Lipinski definition) is 5. The Morgan fingerprint density at radius 3 is 2.49 bits per heavy atom. The monoisotopic (exact) mass is 749 g/mol. The number of nitrogens with zero attached hydrogens (tertiary/aromatic N) is 1. The van der Waals surface area contributed by atoms with E-state index in [4.69, 9.17) is 20.6 Å². The maximum Gasteiger partial charge on any atom is 0.339 e. The van der Waals surface area contributed by atoms with E-state index in [-0.39, 0.29) is 55.6 Å². The van der Waals surface area contributed by atoms with Gasteiger partial charge in [0, 0.05) is 56.2 Å². The van der Waals surface area contributed by atoms with Crippen molar-refractivity contribution in [2.24, 2.45) is 0 Å². The summed E-state index contributed by atoms with van der Waals surface area (Å²) in [5.74, 6) is 1.12. The zero-order chi connectivity index (χ0) is 40.2. The molecule has 0 bridgehead atoms. The van der Waals surface area contributed by atoms with E-state index in [1.165, 1.54) is 31.4 Å². The summed E-state index contributed by atoms with van der Waals surface area (Å²) in [4.78, 5) is 38.3. The molecule has 0 aliphatic carbocycles. The molecule has 0 spiro atoms. The molecule has 288 valence electrons. The van der Waals surface area contributed by atoms with Gasteiger partial charge >= 0.3 is 5.97 Å². The molecule has 0 saturated heterocycles. The Labute approximate surface area is 321 Å². The number of rotatable bonds is 21. The minimum Gasteiger partial charge on any atom is -0.511 e. The molecule has 2 aromatic rings. The quantitative estimate of drug-likeness (QED) is 0.0162. The fourth-order valence-corrected chi connectivity index (χ4v) is 5.60. The number of ether oxygens (including phenoxy) is 3. The van der Waals surface area contributed by atoms with E-state index in [0.29, 0.717) is 59.6 Å². The Hall–Kier alpha value is -6.50. The number of cyclic esters (lactones) is 1. The number of amides is 2. The normalized spacial score (nSPS) is 16.0. The molecule has 1 aliphatic rings. The zero-order valence-corrected chi connectivity index (χ0v) is 31.1. The number of aliphatic hydroxyl groups is 3. The van der Waals surface area contributed by atoms with Gasteiger partial charge in [-0.2, -0.15) is 5.26 Å². The summed E-state index contributed by atoms with van der Waals surface area (Å²) in [6.07, 6.45) is 17.1. The third-order valence-corrected chi connectivity index (χ3v) is 8.53. The molecule has 12 heteroatoms. The topological polar surface area (TPSA) is 187 Å². The number of allylic oxidation sites excluding steroid dienone is 6. The van der Waals surface area contributed by atoms with Crippen LogP contribution in [-0.4, -0.2) is 53.4 Å². The molecule has 2 aromatic carbocycles. The molecule has 1 atom stereocenters. The van der Waals surface area contributed by atoms with Crippen molar-refractivity contribution in [2.75, 3.05) is 25.6 Å². The van der Waals surface area contributed by atoms with Crippen LogP contribution in [0, 0.1) is 23.7 Å². The molecule has 1 heterocycles. The Morgan fingerprint density at radius 2 is 1.82 bits per heavy atom. The smallest absolute Gasteiger partial charge is 0.339 e. The van der Waals surface area contributed by atoms with Crippen LogP contribution in [0.5, 0.6) is 5.75 Å². The minimum absolute atomic E-state index is 0.0322. The molecule has 12 nitrogen and oxygen atoms in total. The Bertz CT molecular complexity index is 1940. The highest BCUT2D eigenvalue weighted by atomic mass is 16.6. The predicted molar refractivity (Wildman–Crippen MR) is 209 cm³/mol. The summed E-state index contributed by atoms with van der Waals surface area (Å²) in [6, 6.07) is 13.6. The third-order valence-electron chi connectivity index (χ3n) is 8.53. The summed E-state index contributed by atoms with van der Waals surface area (Å²) in [5.41, 5.74) is 0.960. The van der Waals surface area contributed by atoms with Gasteiger partial charge in [-0.1, -0.05) is 30.9 Å². The number of hydrogen-bond acceptors (Lipinski definition) is 10. The summed E-state index contributed by atoms with van der Waals surface area (Å²) in [5, 5.41) is 44.6. The standard InChI is InChI=1S/C43H47N3O9/c1-5-8-14-39(49)37(27-44)41(51)46-32-18-21-35(22-19-32)54-25-11-9-10-15-40(50)45-28-30-16-23-38-36(26-30)42(52)55-43(38,24-12-13-33(47)6-2)31(29-53-4)17-20-34(48)7-3/h1,6-7,12-13,16-23,26,47-49H,3,8-11,14-15,24-25,28-29H2,2,4H3,(H,45,50)(H,46,51)/b13-12-,31-17+,33-6+,34-20+,39-37-. The van der Waals surface area contributed by atoms with Gasteiger partial charge in [0.2, 0.25) is 5.91 Å². The molecule has 0 fully saturated rings. The second-order valence-electron chi connectivity index (χ2n) is 12.4. The van der Waals surface area contributed by atoms with E-state index in [1.54, 1.807) is 61.5 Å². The Balaban J connectivity index is 1.52. The van der Waals surface area contributed by atoms with Crippen LogP contribution in [0.4, 0.5) is 5.69 Å². The van der Waals surface area contributed by atoms with Crippen molar-refractivity contribution < 1.29 is 43.9 Å². The lowest BCUT2D eigenvalue weighted by Gasteiger charge is -2.30. The van der Waals surface area contributed by atoms with Crippen molar-refractivity contribution in [3.63, 3.8) is 0 Å². The van der Waals surface area contributed by atoms with Crippen LogP contribution < -0.4 is 15.4 Å². The average Bonchev–Trinajstić information content (AvgIpc) is 3.47. The number of unbranched alkanes of at least 4 members (excludes halogenated alkanes) is 2. The van der Waals surface area contributed by atoms with Crippen molar-refractivity contribution in [1.29, 1.82) is 5.26 Å². The van der Waals surface area contributed by atoms with Gasteiger partial charge in [-0.25, -0.2) is 4.79 Å². The molecule has 55 heavy (non-hydrogen) atoms. The van der Waals surface area contributed by atoms with Crippen LogP contribution in [0.1, 0.15) is 73.4 Å². The van der Waals surface area contributed by atoms with Gasteiger partial charge in [0.05, 0.1) is 18.8 Å². The van der Waals surface area contributed by atoms with Crippen molar-refractivity contribution in [3.8, 4) is 24.2 Å². The molecular weight excluding hydrogens is 702 g/mol. The van der Waals surface area contributed by atoms with Crippen molar-refractivity contribution in [2.45, 2.75) is 64.0 Å². The number of nitriles is 1. The number of terminal acetylenes is 1. The molecule has 0 radical (unpaired) electrons. The lowest BCUT2D eigenvalue weighted by Crippen LogP contribution is -2.31. The van der Waals surface area contributed by atoms with Gasteiger partial charge in [-0.15, -0.1) is 12.3 Å². The first-order chi connectivity index (χ1) is 26.5. The number of esters is 1. The SMILES string of the molecule is C#CCC/C(O)=C(\C#N)C(=O)Nc1ccc(OCCCCCC(=O)NCc2ccc3c(c2)C(=O)OC3(C/C=C\C(O)=C/C)/C(=C/C=C(/O)C=C)COC)cc1. The largest absolute Gasteiger partial charge is 0.511 e. The number of fused-ring (bicyclic) bond motifs is 1. The van der Waals surface area contributed by atoms with E-state index < -0.39 is 23.1 Å². The number of carbonyl (C=O) groups excluding carboxylic acids is 3. The maximum absolute atomic E-state index is 13.3. The minimum atomic E-state index is -1.27. The summed E-state index contributed by atoms with van der Waals surface area (Å²) < 4.78 is 17.3. The van der Waals surface area contributed by atoms with Crippen LogP contribution in [0.2, 0.25) is 0 Å². The van der Waals surface area contributed by atoms with Gasteiger partial charge in [0.1, 0.15) is 29.1 Å². The fraction of sp³-hybridized carbons (Fsp3) is 0.302. The van der Waals surface area contributed by atoms with Gasteiger partial charge in [0.15, 0.2) is 11.2 Å². The number of methoxy groups -OCH3 is 1. The number of anilines is 1. The molecular formula is C43H47N3O9.